The number of hydrogen-bond donors (Lipinski definition) is 1. The maximum absolute atomic E-state index is 13.1. The Balaban J connectivity index is 1.50. The molecule has 1 amide bonds. The molecule has 1 aromatic carbocycles. The van der Waals surface area contributed by atoms with Crippen LogP contribution >= 0.6 is 0 Å². The summed E-state index contributed by atoms with van der Waals surface area (Å²) in [5, 5.41) is 7.95. The highest BCUT2D eigenvalue weighted by atomic mass is 16.2. The number of rotatable bonds is 5. The third kappa shape index (κ3) is 4.00. The van der Waals surface area contributed by atoms with Gasteiger partial charge in [0, 0.05) is 12.6 Å². The molecule has 1 N–H and O–H groups in total. The topological polar surface area (TPSA) is 50.2 Å². The van der Waals surface area contributed by atoms with E-state index in [0.717, 1.165) is 17.9 Å². The van der Waals surface area contributed by atoms with Crippen LogP contribution in [0.25, 0.3) is 5.69 Å². The van der Waals surface area contributed by atoms with Crippen molar-refractivity contribution in [2.24, 2.45) is 5.92 Å². The fraction of sp³-hybridized carbons (Fsp3) is 0.565. The number of piperidine rings is 2. The molecule has 2 aromatic rings. The van der Waals surface area contributed by atoms with E-state index in [1.165, 1.54) is 45.2 Å². The van der Waals surface area contributed by atoms with E-state index in [0.29, 0.717) is 17.7 Å². The standard InChI is InChI=1S/C23H32N4O/c1-17(2)20-15-22(27(25-20)19-10-4-3-5-11-19)23(28)24-16-18-9-8-14-26-13-7-6-12-21(18)26/h3-5,10-11,15,17-18,21H,6-9,12-14,16H2,1-2H3,(H,24,28)/t18-,21-/m1/s1. The molecule has 0 bridgehead atoms. The summed E-state index contributed by atoms with van der Waals surface area (Å²) >= 11 is 0. The molecule has 0 saturated carbocycles. The van der Waals surface area contributed by atoms with Crippen molar-refractivity contribution >= 4 is 5.91 Å². The van der Waals surface area contributed by atoms with Crippen LogP contribution in [-0.2, 0) is 0 Å². The lowest BCUT2D eigenvalue weighted by Gasteiger charge is -2.44. The van der Waals surface area contributed by atoms with Crippen LogP contribution in [-0.4, -0.2) is 46.3 Å². The third-order valence-corrected chi connectivity index (χ3v) is 6.31. The molecule has 150 valence electrons. The van der Waals surface area contributed by atoms with Crippen LogP contribution in [0.2, 0.25) is 0 Å². The molecule has 5 nitrogen and oxygen atoms in total. The second-order valence-corrected chi connectivity index (χ2v) is 8.57. The van der Waals surface area contributed by atoms with Gasteiger partial charge in [0.15, 0.2) is 0 Å². The fourth-order valence-corrected chi connectivity index (χ4v) is 4.74. The summed E-state index contributed by atoms with van der Waals surface area (Å²) in [5.74, 6) is 0.831. The smallest absolute Gasteiger partial charge is 0.270 e. The van der Waals surface area contributed by atoms with Gasteiger partial charge < -0.3 is 10.2 Å². The van der Waals surface area contributed by atoms with Crippen LogP contribution in [0.15, 0.2) is 36.4 Å². The van der Waals surface area contributed by atoms with E-state index in [1.807, 2.05) is 36.4 Å². The van der Waals surface area contributed by atoms with Crippen molar-refractivity contribution in [2.45, 2.75) is 57.9 Å². The van der Waals surface area contributed by atoms with Crippen LogP contribution in [0.3, 0.4) is 0 Å². The maximum atomic E-state index is 13.1. The number of para-hydroxylation sites is 1. The van der Waals surface area contributed by atoms with E-state index in [2.05, 4.69) is 24.1 Å². The lowest BCUT2D eigenvalue weighted by Crippen LogP contribution is -2.51. The summed E-state index contributed by atoms with van der Waals surface area (Å²) in [7, 11) is 0. The van der Waals surface area contributed by atoms with Gasteiger partial charge in [-0.25, -0.2) is 4.68 Å². The van der Waals surface area contributed by atoms with Crippen LogP contribution in [0.1, 0.15) is 68.1 Å². The van der Waals surface area contributed by atoms with E-state index in [-0.39, 0.29) is 11.8 Å². The van der Waals surface area contributed by atoms with Crippen molar-refractivity contribution in [2.75, 3.05) is 19.6 Å². The van der Waals surface area contributed by atoms with Crippen LogP contribution in [0, 0.1) is 5.92 Å². The van der Waals surface area contributed by atoms with Crippen LogP contribution < -0.4 is 5.32 Å². The Hall–Kier alpha value is -2.14. The van der Waals surface area contributed by atoms with Gasteiger partial charge in [-0.3, -0.25) is 4.79 Å². The molecule has 1 aromatic heterocycles. The zero-order valence-corrected chi connectivity index (χ0v) is 17.1. The van der Waals surface area contributed by atoms with E-state index in [4.69, 9.17) is 5.10 Å². The largest absolute Gasteiger partial charge is 0.350 e. The molecule has 28 heavy (non-hydrogen) atoms. The lowest BCUT2D eigenvalue weighted by molar-refractivity contribution is 0.0574. The Bertz CT molecular complexity index is 796. The molecule has 2 atom stereocenters. The average molecular weight is 381 g/mol. The van der Waals surface area contributed by atoms with E-state index < -0.39 is 0 Å². The summed E-state index contributed by atoms with van der Waals surface area (Å²) in [5.41, 5.74) is 2.51. The monoisotopic (exact) mass is 380 g/mol. The molecule has 0 radical (unpaired) electrons. The number of aromatic nitrogens is 2. The molecule has 4 rings (SSSR count). The highest BCUT2D eigenvalue weighted by Crippen LogP contribution is 2.30. The van der Waals surface area contributed by atoms with Gasteiger partial charge in [0.05, 0.1) is 11.4 Å². The molecule has 2 saturated heterocycles. The molecule has 5 heteroatoms. The number of hydrogen-bond acceptors (Lipinski definition) is 3. The fourth-order valence-electron chi connectivity index (χ4n) is 4.74. The highest BCUT2D eigenvalue weighted by Gasteiger charge is 2.33. The number of benzene rings is 1. The first-order chi connectivity index (χ1) is 13.6. The summed E-state index contributed by atoms with van der Waals surface area (Å²) in [6, 6.07) is 12.5. The summed E-state index contributed by atoms with van der Waals surface area (Å²) in [4.78, 5) is 15.7. The van der Waals surface area contributed by atoms with Gasteiger partial charge in [0.2, 0.25) is 0 Å². The van der Waals surface area contributed by atoms with Crippen molar-refractivity contribution in [3.8, 4) is 5.69 Å². The molecule has 0 unspecified atom stereocenters. The first kappa shape index (κ1) is 19.2. The third-order valence-electron chi connectivity index (χ3n) is 6.31. The summed E-state index contributed by atoms with van der Waals surface area (Å²) in [6.07, 6.45) is 6.39. The molecule has 0 spiro atoms. The Kier molecular flexibility index (Phi) is 5.81. The van der Waals surface area contributed by atoms with E-state index in [9.17, 15) is 4.79 Å². The predicted octanol–water partition coefficient (Wildman–Crippen LogP) is 3.99. The SMILES string of the molecule is CC(C)c1cc(C(=O)NC[C@H]2CCCN3CCCC[C@H]23)n(-c2ccccc2)n1. The number of amides is 1. The number of nitrogens with zero attached hydrogens (tertiary/aromatic N) is 3. The second-order valence-electron chi connectivity index (χ2n) is 8.57. The number of nitrogens with one attached hydrogen (secondary N) is 1. The average Bonchev–Trinajstić information content (AvgIpc) is 3.18. The van der Waals surface area contributed by atoms with Crippen molar-refractivity contribution in [1.82, 2.24) is 20.0 Å². The van der Waals surface area contributed by atoms with E-state index >= 15 is 0 Å². The molecule has 2 aliphatic heterocycles. The van der Waals surface area contributed by atoms with Gasteiger partial charge in [0.1, 0.15) is 5.69 Å². The number of carbonyl (C=O) groups excluding carboxylic acids is 1. The van der Waals surface area contributed by atoms with Crippen molar-refractivity contribution in [3.05, 3.63) is 47.8 Å². The molecule has 2 fully saturated rings. The normalized spacial score (nSPS) is 22.8. The van der Waals surface area contributed by atoms with Gasteiger partial charge in [-0.2, -0.15) is 5.10 Å². The minimum Gasteiger partial charge on any atom is -0.350 e. The van der Waals surface area contributed by atoms with Crippen LogP contribution in [0.5, 0.6) is 0 Å². The maximum Gasteiger partial charge on any atom is 0.270 e. The highest BCUT2D eigenvalue weighted by molar-refractivity contribution is 5.93. The lowest BCUT2D eigenvalue weighted by atomic mass is 9.83. The summed E-state index contributed by atoms with van der Waals surface area (Å²) in [6.45, 7) is 7.44. The van der Waals surface area contributed by atoms with Crippen molar-refractivity contribution in [1.29, 1.82) is 0 Å². The molecule has 3 heterocycles. The first-order valence-electron chi connectivity index (χ1n) is 10.8. The zero-order valence-electron chi connectivity index (χ0n) is 17.1. The number of fused-ring (bicyclic) bond motifs is 1. The van der Waals surface area contributed by atoms with Gasteiger partial charge in [-0.05, 0) is 68.8 Å². The number of carbonyl (C=O) groups is 1. The molecule has 2 aliphatic rings. The Morgan fingerprint density at radius 3 is 2.71 bits per heavy atom. The minimum atomic E-state index is -0.0174. The zero-order chi connectivity index (χ0) is 19.5. The minimum absolute atomic E-state index is 0.0174. The quantitative estimate of drug-likeness (QED) is 0.853. The van der Waals surface area contributed by atoms with Gasteiger partial charge >= 0.3 is 0 Å². The van der Waals surface area contributed by atoms with Gasteiger partial charge in [-0.15, -0.1) is 0 Å². The second kappa shape index (κ2) is 8.48. The predicted molar refractivity (Wildman–Crippen MR) is 112 cm³/mol. The van der Waals surface area contributed by atoms with Crippen molar-refractivity contribution in [3.63, 3.8) is 0 Å². The van der Waals surface area contributed by atoms with E-state index in [1.54, 1.807) is 4.68 Å². The summed E-state index contributed by atoms with van der Waals surface area (Å²) < 4.78 is 1.79. The van der Waals surface area contributed by atoms with Crippen LogP contribution in [0.4, 0.5) is 0 Å². The Morgan fingerprint density at radius 2 is 1.93 bits per heavy atom. The molecular weight excluding hydrogens is 348 g/mol. The van der Waals surface area contributed by atoms with Gasteiger partial charge in [-0.1, -0.05) is 38.5 Å². The molecule has 0 aliphatic carbocycles. The first-order valence-corrected chi connectivity index (χ1v) is 10.8. The molecular formula is C23H32N4O. The Morgan fingerprint density at radius 1 is 1.14 bits per heavy atom. The van der Waals surface area contributed by atoms with Gasteiger partial charge in [0.25, 0.3) is 5.91 Å². The Labute approximate surface area is 168 Å². The van der Waals surface area contributed by atoms with Crippen molar-refractivity contribution < 1.29 is 4.79 Å².